The Morgan fingerprint density at radius 2 is 2.39 bits per heavy atom. The molecule has 5 nitrogen and oxygen atoms in total. The molecule has 0 aliphatic carbocycles. The molecule has 2 atom stereocenters. The molecular weight excluding hydrogens is 234 g/mol. The summed E-state index contributed by atoms with van der Waals surface area (Å²) in [4.78, 5) is 23.4. The second-order valence-electron chi connectivity index (χ2n) is 4.31. The number of methoxy groups -OCH3 is 1. The van der Waals surface area contributed by atoms with Gasteiger partial charge in [0.25, 0.3) is 0 Å². The van der Waals surface area contributed by atoms with Crippen molar-refractivity contribution in [1.82, 2.24) is 5.32 Å². The highest BCUT2D eigenvalue weighted by Crippen LogP contribution is 2.13. The molecule has 102 valence electrons. The van der Waals surface area contributed by atoms with Gasteiger partial charge in [-0.1, -0.05) is 6.08 Å². The van der Waals surface area contributed by atoms with Gasteiger partial charge in [-0.3, -0.25) is 4.79 Å². The molecular formula is C13H21NO4. The fourth-order valence-corrected chi connectivity index (χ4v) is 1.91. The van der Waals surface area contributed by atoms with Gasteiger partial charge >= 0.3 is 5.97 Å². The summed E-state index contributed by atoms with van der Waals surface area (Å²) in [5.41, 5.74) is 0. The first kappa shape index (κ1) is 14.7. The van der Waals surface area contributed by atoms with Crippen LogP contribution in [0.15, 0.2) is 12.7 Å². The van der Waals surface area contributed by atoms with Gasteiger partial charge in [0.05, 0.1) is 7.11 Å². The van der Waals surface area contributed by atoms with Crippen molar-refractivity contribution in [1.29, 1.82) is 0 Å². The Hall–Kier alpha value is -1.36. The number of rotatable bonds is 7. The number of hydrogen-bond acceptors (Lipinski definition) is 4. The average molecular weight is 255 g/mol. The molecule has 0 aromatic rings. The lowest BCUT2D eigenvalue weighted by Crippen LogP contribution is -2.45. The highest BCUT2D eigenvalue weighted by atomic mass is 16.5. The normalized spacial score (nSPS) is 20.2. The second kappa shape index (κ2) is 7.87. The predicted molar refractivity (Wildman–Crippen MR) is 67.0 cm³/mol. The van der Waals surface area contributed by atoms with Crippen LogP contribution in [0.25, 0.3) is 0 Å². The molecule has 1 fully saturated rings. The monoisotopic (exact) mass is 255 g/mol. The lowest BCUT2D eigenvalue weighted by atomic mass is 10.1. The van der Waals surface area contributed by atoms with Crippen molar-refractivity contribution in [3.8, 4) is 0 Å². The molecule has 0 unspecified atom stereocenters. The smallest absolute Gasteiger partial charge is 0.328 e. The van der Waals surface area contributed by atoms with Gasteiger partial charge in [-0.25, -0.2) is 4.79 Å². The zero-order valence-electron chi connectivity index (χ0n) is 10.8. The molecule has 1 heterocycles. The van der Waals surface area contributed by atoms with E-state index in [1.165, 1.54) is 7.11 Å². The van der Waals surface area contributed by atoms with Crippen LogP contribution in [0.3, 0.4) is 0 Å². The topological polar surface area (TPSA) is 64.6 Å². The number of amides is 1. The lowest BCUT2D eigenvalue weighted by Gasteiger charge is -2.18. The highest BCUT2D eigenvalue weighted by molar-refractivity contribution is 5.87. The van der Waals surface area contributed by atoms with E-state index in [0.717, 1.165) is 19.3 Å². The number of carbonyl (C=O) groups is 2. The maximum absolute atomic E-state index is 11.8. The Balaban J connectivity index is 2.45. The van der Waals surface area contributed by atoms with Crippen LogP contribution < -0.4 is 5.32 Å². The van der Waals surface area contributed by atoms with Gasteiger partial charge in [0, 0.05) is 6.61 Å². The summed E-state index contributed by atoms with van der Waals surface area (Å²) in [5, 5.41) is 2.70. The van der Waals surface area contributed by atoms with Gasteiger partial charge in [0.15, 0.2) is 0 Å². The van der Waals surface area contributed by atoms with E-state index in [-0.39, 0.29) is 5.91 Å². The largest absolute Gasteiger partial charge is 0.467 e. The summed E-state index contributed by atoms with van der Waals surface area (Å²) >= 11 is 0. The molecule has 0 spiro atoms. The molecule has 0 saturated carbocycles. The maximum atomic E-state index is 11.8. The van der Waals surface area contributed by atoms with Gasteiger partial charge in [-0.2, -0.15) is 0 Å². The minimum absolute atomic E-state index is 0.221. The first-order valence-electron chi connectivity index (χ1n) is 6.29. The van der Waals surface area contributed by atoms with Gasteiger partial charge in [0.1, 0.15) is 12.1 Å². The van der Waals surface area contributed by atoms with Crippen molar-refractivity contribution >= 4 is 11.9 Å². The summed E-state index contributed by atoms with van der Waals surface area (Å²) in [7, 11) is 1.32. The van der Waals surface area contributed by atoms with Crippen molar-refractivity contribution < 1.29 is 19.1 Å². The van der Waals surface area contributed by atoms with Crippen LogP contribution in [0, 0.1) is 0 Å². The van der Waals surface area contributed by atoms with Crippen molar-refractivity contribution in [3.63, 3.8) is 0 Å². The number of unbranched alkanes of at least 4 members (excludes halogenated alkanes) is 1. The average Bonchev–Trinajstić information content (AvgIpc) is 2.90. The van der Waals surface area contributed by atoms with E-state index in [2.05, 4.69) is 16.6 Å². The number of ether oxygens (including phenoxy) is 2. The first-order chi connectivity index (χ1) is 8.69. The number of carbonyl (C=O) groups excluding carboxylic acids is 2. The number of hydrogen-bond donors (Lipinski definition) is 1. The lowest BCUT2D eigenvalue weighted by molar-refractivity contribution is -0.146. The Bertz CT molecular complexity index is 297. The maximum Gasteiger partial charge on any atom is 0.328 e. The summed E-state index contributed by atoms with van der Waals surface area (Å²) in [6.07, 6.45) is 5.12. The molecule has 0 aromatic carbocycles. The first-order valence-corrected chi connectivity index (χ1v) is 6.29. The van der Waals surface area contributed by atoms with Crippen molar-refractivity contribution in [2.45, 2.75) is 44.2 Å². The molecule has 0 aromatic heterocycles. The van der Waals surface area contributed by atoms with Crippen LogP contribution in [-0.4, -0.2) is 37.7 Å². The van der Waals surface area contributed by atoms with E-state index in [1.54, 1.807) is 6.08 Å². The van der Waals surface area contributed by atoms with Crippen molar-refractivity contribution in [2.24, 2.45) is 0 Å². The van der Waals surface area contributed by atoms with Crippen LogP contribution >= 0.6 is 0 Å². The van der Waals surface area contributed by atoms with E-state index in [0.29, 0.717) is 19.4 Å². The quantitative estimate of drug-likeness (QED) is 0.421. The van der Waals surface area contributed by atoms with Crippen molar-refractivity contribution in [2.75, 3.05) is 13.7 Å². The van der Waals surface area contributed by atoms with Crippen molar-refractivity contribution in [3.05, 3.63) is 12.7 Å². The summed E-state index contributed by atoms with van der Waals surface area (Å²) in [5.74, 6) is -0.632. The van der Waals surface area contributed by atoms with E-state index in [9.17, 15) is 9.59 Å². The zero-order valence-corrected chi connectivity index (χ0v) is 10.8. The Morgan fingerprint density at radius 1 is 1.61 bits per heavy atom. The molecule has 18 heavy (non-hydrogen) atoms. The van der Waals surface area contributed by atoms with Crippen LogP contribution in [0.5, 0.6) is 0 Å². The van der Waals surface area contributed by atoms with Gasteiger partial charge < -0.3 is 14.8 Å². The molecule has 1 amide bonds. The van der Waals surface area contributed by atoms with Crippen LogP contribution in [0.1, 0.15) is 32.1 Å². The van der Waals surface area contributed by atoms with Crippen LogP contribution in [-0.2, 0) is 19.1 Å². The number of allylic oxidation sites excluding steroid dienone is 1. The van der Waals surface area contributed by atoms with E-state index in [4.69, 9.17) is 4.74 Å². The highest BCUT2D eigenvalue weighted by Gasteiger charge is 2.28. The van der Waals surface area contributed by atoms with E-state index in [1.807, 2.05) is 0 Å². The van der Waals surface area contributed by atoms with Gasteiger partial charge in [-0.05, 0) is 32.1 Å². The number of esters is 1. The molecule has 5 heteroatoms. The molecule has 1 aliphatic heterocycles. The number of nitrogens with one attached hydrogen (secondary N) is 1. The molecule has 0 radical (unpaired) electrons. The molecule has 1 rings (SSSR count). The minimum Gasteiger partial charge on any atom is -0.467 e. The minimum atomic E-state index is -0.591. The Kier molecular flexibility index (Phi) is 6.43. The molecule has 1 N–H and O–H groups in total. The summed E-state index contributed by atoms with van der Waals surface area (Å²) in [6, 6.07) is -0.591. The standard InChI is InChI=1S/C13H21NO4/c1-3-4-5-7-10(13(16)17-2)14-12(15)11-8-6-9-18-11/h3,10-11H,1,4-9H2,2H3,(H,14,15)/t10-,11+/m1/s1. The fourth-order valence-electron chi connectivity index (χ4n) is 1.91. The third-order valence-corrected chi connectivity index (χ3v) is 2.93. The third-order valence-electron chi connectivity index (χ3n) is 2.93. The second-order valence-corrected chi connectivity index (χ2v) is 4.31. The molecule has 0 bridgehead atoms. The third kappa shape index (κ3) is 4.49. The summed E-state index contributed by atoms with van der Waals surface area (Å²) < 4.78 is 9.96. The molecule has 1 aliphatic rings. The van der Waals surface area contributed by atoms with Gasteiger partial charge in [-0.15, -0.1) is 6.58 Å². The van der Waals surface area contributed by atoms with Gasteiger partial charge in [0.2, 0.25) is 5.91 Å². The molecule has 1 saturated heterocycles. The summed E-state index contributed by atoms with van der Waals surface area (Å²) in [6.45, 7) is 4.23. The van der Waals surface area contributed by atoms with E-state index < -0.39 is 18.1 Å². The SMILES string of the molecule is C=CCCC[C@@H](NC(=O)[C@@H]1CCCO1)C(=O)OC. The van der Waals surface area contributed by atoms with Crippen LogP contribution in [0.4, 0.5) is 0 Å². The van der Waals surface area contributed by atoms with E-state index >= 15 is 0 Å². The Morgan fingerprint density at radius 3 is 2.94 bits per heavy atom. The van der Waals surface area contributed by atoms with Crippen LogP contribution in [0.2, 0.25) is 0 Å². The fraction of sp³-hybridized carbons (Fsp3) is 0.692. The Labute approximate surface area is 108 Å². The predicted octanol–water partition coefficient (Wildman–Crippen LogP) is 1.18. The zero-order chi connectivity index (χ0) is 13.4.